The van der Waals surface area contributed by atoms with Crippen molar-refractivity contribution in [3.05, 3.63) is 60.2 Å². The molecule has 0 spiro atoms. The van der Waals surface area contributed by atoms with E-state index >= 15 is 0 Å². The lowest BCUT2D eigenvalue weighted by atomic mass is 10.0. The lowest BCUT2D eigenvalue weighted by molar-refractivity contribution is -0.119. The Hall–Kier alpha value is -2.71. The maximum atomic E-state index is 12.0. The molecule has 2 aromatic rings. The highest BCUT2D eigenvalue weighted by Gasteiger charge is 2.33. The molecule has 0 aliphatic carbocycles. The number of imide groups is 1. The minimum Gasteiger partial charge on any atom is -0.325 e. The summed E-state index contributed by atoms with van der Waals surface area (Å²) in [6, 6.07) is 16.2. The summed E-state index contributed by atoms with van der Waals surface area (Å²) in [5, 5.41) is 4.28. The Balaban J connectivity index is 1.51. The highest BCUT2D eigenvalue weighted by Crippen LogP contribution is 2.19. The third-order valence-corrected chi connectivity index (χ3v) is 5.46. The first-order valence-corrected chi connectivity index (χ1v) is 9.81. The number of urea groups is 1. The van der Waals surface area contributed by atoms with Gasteiger partial charge in [-0.25, -0.2) is 17.9 Å². The molecule has 3 amide bonds. The van der Waals surface area contributed by atoms with E-state index in [1.165, 1.54) is 0 Å². The molecule has 3 N–H and O–H groups in total. The molecule has 26 heavy (non-hydrogen) atoms. The molecule has 1 saturated heterocycles. The fraction of sp³-hybridized carbons (Fsp3) is 0.222. The molecule has 0 bridgehead atoms. The Morgan fingerprint density at radius 2 is 1.58 bits per heavy atom. The van der Waals surface area contributed by atoms with Crippen molar-refractivity contribution in [1.29, 1.82) is 0 Å². The smallest absolute Gasteiger partial charge is 0.322 e. The topological polar surface area (TPSA) is 104 Å². The fourth-order valence-electron chi connectivity index (χ4n) is 2.70. The van der Waals surface area contributed by atoms with Gasteiger partial charge in [-0.2, -0.15) is 0 Å². The van der Waals surface area contributed by atoms with E-state index in [0.29, 0.717) is 6.42 Å². The molecular weight excluding hydrogens is 354 g/mol. The Kier molecular flexibility index (Phi) is 5.34. The molecule has 0 saturated carbocycles. The quantitative estimate of drug-likeness (QED) is 0.630. The molecular formula is C18H19N3O4S. The van der Waals surface area contributed by atoms with Crippen LogP contribution in [0.2, 0.25) is 0 Å². The highest BCUT2D eigenvalue weighted by molar-refractivity contribution is 7.89. The van der Waals surface area contributed by atoms with Gasteiger partial charge in [0.05, 0.1) is 5.75 Å². The summed E-state index contributed by atoms with van der Waals surface area (Å²) in [5.41, 5.74) is 3.22. The second kappa shape index (κ2) is 7.67. The van der Waals surface area contributed by atoms with Gasteiger partial charge in [-0.1, -0.05) is 54.6 Å². The Bertz CT molecular complexity index is 896. The number of carbonyl (C=O) groups excluding carboxylic acids is 2. The molecule has 7 nitrogen and oxygen atoms in total. The van der Waals surface area contributed by atoms with Crippen molar-refractivity contribution < 1.29 is 18.0 Å². The summed E-state index contributed by atoms with van der Waals surface area (Å²) < 4.78 is 26.5. The monoisotopic (exact) mass is 373 g/mol. The molecule has 1 aliphatic rings. The van der Waals surface area contributed by atoms with Crippen LogP contribution in [-0.4, -0.2) is 38.7 Å². The van der Waals surface area contributed by atoms with Crippen LogP contribution in [0.15, 0.2) is 54.6 Å². The van der Waals surface area contributed by atoms with E-state index in [1.807, 2.05) is 59.9 Å². The first-order valence-electron chi connectivity index (χ1n) is 8.16. The maximum Gasteiger partial charge on any atom is 0.322 e. The standard InChI is InChI=1S/C18H19N3O4S/c22-17-16(20-18(23)21-17)12-26(24,25)19-11-10-13-6-8-15(9-7-13)14-4-2-1-3-5-14/h1-9,16,19H,10-12H2,(H2,20,21,22,23)/t16-/m1/s1. The van der Waals surface area contributed by atoms with E-state index in [-0.39, 0.29) is 6.54 Å². The number of hydrogen-bond acceptors (Lipinski definition) is 4. The number of benzene rings is 2. The van der Waals surface area contributed by atoms with Gasteiger partial charge < -0.3 is 5.32 Å². The molecule has 2 aromatic carbocycles. The van der Waals surface area contributed by atoms with Gasteiger partial charge in [0, 0.05) is 6.54 Å². The minimum atomic E-state index is -3.67. The number of hydrogen-bond donors (Lipinski definition) is 3. The van der Waals surface area contributed by atoms with Crippen LogP contribution in [-0.2, 0) is 21.2 Å². The van der Waals surface area contributed by atoms with Crippen molar-refractivity contribution in [3.8, 4) is 11.1 Å². The van der Waals surface area contributed by atoms with Gasteiger partial charge in [0.15, 0.2) is 0 Å². The van der Waals surface area contributed by atoms with Gasteiger partial charge in [0.1, 0.15) is 6.04 Å². The van der Waals surface area contributed by atoms with E-state index in [2.05, 4.69) is 10.0 Å². The second-order valence-electron chi connectivity index (χ2n) is 6.00. The number of amides is 3. The van der Waals surface area contributed by atoms with Crippen LogP contribution in [0.4, 0.5) is 4.79 Å². The average Bonchev–Trinajstić information content (AvgIpc) is 2.92. The van der Waals surface area contributed by atoms with Crippen LogP contribution in [0.25, 0.3) is 11.1 Å². The number of nitrogens with one attached hydrogen (secondary N) is 3. The predicted molar refractivity (Wildman–Crippen MR) is 97.8 cm³/mol. The lowest BCUT2D eigenvalue weighted by Crippen LogP contribution is -2.41. The largest absolute Gasteiger partial charge is 0.325 e. The highest BCUT2D eigenvalue weighted by atomic mass is 32.2. The molecule has 3 rings (SSSR count). The molecule has 136 valence electrons. The van der Waals surface area contributed by atoms with Crippen molar-refractivity contribution in [3.63, 3.8) is 0 Å². The fourth-order valence-corrected chi connectivity index (χ4v) is 3.90. The van der Waals surface area contributed by atoms with E-state index in [0.717, 1.165) is 16.7 Å². The zero-order chi connectivity index (χ0) is 18.6. The van der Waals surface area contributed by atoms with E-state index in [9.17, 15) is 18.0 Å². The van der Waals surface area contributed by atoms with Crippen LogP contribution >= 0.6 is 0 Å². The zero-order valence-corrected chi connectivity index (χ0v) is 14.8. The summed E-state index contributed by atoms with van der Waals surface area (Å²) in [4.78, 5) is 22.4. The molecule has 0 unspecified atom stereocenters. The summed E-state index contributed by atoms with van der Waals surface area (Å²) in [6.07, 6.45) is 0.525. The molecule has 1 atom stereocenters. The van der Waals surface area contributed by atoms with Crippen LogP contribution in [0.1, 0.15) is 5.56 Å². The average molecular weight is 373 g/mol. The van der Waals surface area contributed by atoms with Crippen molar-refractivity contribution in [2.45, 2.75) is 12.5 Å². The van der Waals surface area contributed by atoms with Crippen LogP contribution in [0, 0.1) is 0 Å². The van der Waals surface area contributed by atoms with Gasteiger partial charge >= 0.3 is 6.03 Å². The third-order valence-electron chi connectivity index (χ3n) is 4.04. The first kappa shape index (κ1) is 18.1. The van der Waals surface area contributed by atoms with Gasteiger partial charge in [-0.3, -0.25) is 10.1 Å². The van der Waals surface area contributed by atoms with E-state index < -0.39 is 33.8 Å². The molecule has 0 aromatic heterocycles. The molecule has 1 heterocycles. The number of carbonyl (C=O) groups is 2. The lowest BCUT2D eigenvalue weighted by Gasteiger charge is -2.10. The van der Waals surface area contributed by atoms with Crippen LogP contribution < -0.4 is 15.4 Å². The summed E-state index contributed by atoms with van der Waals surface area (Å²) in [6.45, 7) is 0.218. The number of rotatable bonds is 7. The van der Waals surface area contributed by atoms with Crippen molar-refractivity contribution in [1.82, 2.24) is 15.4 Å². The Morgan fingerprint density at radius 3 is 2.19 bits per heavy atom. The summed E-state index contributed by atoms with van der Waals surface area (Å²) >= 11 is 0. The SMILES string of the molecule is O=C1NC(=O)[C@@H](CS(=O)(=O)NCCc2ccc(-c3ccccc3)cc2)N1. The predicted octanol–water partition coefficient (Wildman–Crippen LogP) is 1.02. The van der Waals surface area contributed by atoms with Crippen LogP contribution in [0.3, 0.4) is 0 Å². The molecule has 1 aliphatic heterocycles. The Labute approximate surface area is 151 Å². The van der Waals surface area contributed by atoms with Crippen molar-refractivity contribution in [2.75, 3.05) is 12.3 Å². The van der Waals surface area contributed by atoms with Gasteiger partial charge in [0.2, 0.25) is 10.0 Å². The summed E-state index contributed by atoms with van der Waals surface area (Å²) in [7, 11) is -3.67. The van der Waals surface area contributed by atoms with E-state index in [4.69, 9.17) is 0 Å². The Morgan fingerprint density at radius 1 is 0.923 bits per heavy atom. The van der Waals surface area contributed by atoms with E-state index in [1.54, 1.807) is 0 Å². The second-order valence-corrected chi connectivity index (χ2v) is 7.86. The van der Waals surface area contributed by atoms with Crippen molar-refractivity contribution >= 4 is 22.0 Å². The minimum absolute atomic E-state index is 0.218. The molecule has 0 radical (unpaired) electrons. The van der Waals surface area contributed by atoms with Gasteiger partial charge in [0.25, 0.3) is 5.91 Å². The third kappa shape index (κ3) is 4.68. The zero-order valence-electron chi connectivity index (χ0n) is 13.9. The molecule has 8 heteroatoms. The van der Waals surface area contributed by atoms with Gasteiger partial charge in [-0.15, -0.1) is 0 Å². The normalized spacial score (nSPS) is 17.0. The van der Waals surface area contributed by atoms with Crippen LogP contribution in [0.5, 0.6) is 0 Å². The van der Waals surface area contributed by atoms with Crippen molar-refractivity contribution in [2.24, 2.45) is 0 Å². The molecule has 1 fully saturated rings. The first-order chi connectivity index (χ1) is 12.4. The van der Waals surface area contributed by atoms with Gasteiger partial charge in [-0.05, 0) is 23.1 Å². The maximum absolute atomic E-state index is 12.0. The summed E-state index contributed by atoms with van der Waals surface area (Å²) in [5.74, 6) is -1.10. The number of sulfonamides is 1.